The molecule has 0 spiro atoms. The lowest BCUT2D eigenvalue weighted by Gasteiger charge is -1.90. The number of furan rings is 1. The van der Waals surface area contributed by atoms with Gasteiger partial charge in [-0.15, -0.1) is 11.3 Å². The van der Waals surface area contributed by atoms with Gasteiger partial charge in [-0.1, -0.05) is 12.1 Å². The van der Waals surface area contributed by atoms with E-state index in [9.17, 15) is 0 Å². The van der Waals surface area contributed by atoms with E-state index >= 15 is 0 Å². The van der Waals surface area contributed by atoms with Gasteiger partial charge in [0, 0.05) is 6.08 Å². The predicted octanol–water partition coefficient (Wildman–Crippen LogP) is 4.47. The maximum Gasteiger partial charge on any atom is 0.167 e. The van der Waals surface area contributed by atoms with E-state index in [4.69, 9.17) is 14.9 Å². The topological polar surface area (TPSA) is 73.6 Å². The zero-order chi connectivity index (χ0) is 14.7. The molecule has 0 aliphatic carbocycles. The van der Waals surface area contributed by atoms with Gasteiger partial charge in [0.2, 0.25) is 0 Å². The van der Waals surface area contributed by atoms with Gasteiger partial charge in [-0.3, -0.25) is 0 Å². The summed E-state index contributed by atoms with van der Waals surface area (Å²) in [5.74, 6) is 0.483. The lowest BCUT2D eigenvalue weighted by molar-refractivity contribution is 0.466. The molecule has 2 aromatic heterocycles. The van der Waals surface area contributed by atoms with Crippen LogP contribution in [0.1, 0.15) is 5.76 Å². The fourth-order valence-corrected chi connectivity index (χ4v) is 3.65. The van der Waals surface area contributed by atoms with Gasteiger partial charge in [0.05, 0.1) is 10.2 Å². The molecule has 0 fully saturated rings. The van der Waals surface area contributed by atoms with Gasteiger partial charge < -0.3 is 4.42 Å². The Kier molecular flexibility index (Phi) is 3.74. The molecule has 0 saturated carbocycles. The van der Waals surface area contributed by atoms with Crippen LogP contribution < -0.4 is 0 Å². The van der Waals surface area contributed by atoms with Crippen molar-refractivity contribution in [1.29, 1.82) is 10.5 Å². The second-order valence-corrected chi connectivity index (χ2v) is 6.27. The Morgan fingerprint density at radius 2 is 2.00 bits per heavy atom. The second-order valence-electron chi connectivity index (χ2n) is 3.99. The number of hydrogen-bond donors (Lipinski definition) is 0. The first kappa shape index (κ1) is 13.4. The summed E-state index contributed by atoms with van der Waals surface area (Å²) < 4.78 is 7.59. The second kappa shape index (κ2) is 5.84. The molecule has 0 aliphatic heterocycles. The molecule has 3 aromatic rings. The van der Waals surface area contributed by atoms with Crippen LogP contribution in [0.5, 0.6) is 0 Å². The Morgan fingerprint density at radius 3 is 2.76 bits per heavy atom. The predicted molar refractivity (Wildman–Crippen MR) is 81.7 cm³/mol. The molecule has 0 unspecified atom stereocenters. The van der Waals surface area contributed by atoms with Crippen molar-refractivity contribution in [3.05, 3.63) is 47.7 Å². The first-order valence-electron chi connectivity index (χ1n) is 5.93. The van der Waals surface area contributed by atoms with E-state index in [0.717, 1.165) is 14.6 Å². The molecule has 0 radical (unpaired) electrons. The molecule has 0 aliphatic rings. The quantitative estimate of drug-likeness (QED) is 0.667. The van der Waals surface area contributed by atoms with Crippen molar-refractivity contribution in [1.82, 2.24) is 4.98 Å². The minimum atomic E-state index is 0.0147. The normalized spacial score (nSPS) is 10.0. The molecule has 100 valence electrons. The molecule has 0 bridgehead atoms. The number of allylic oxidation sites excluding steroid dienone is 1. The smallest absolute Gasteiger partial charge is 0.167 e. The molecular formula is C15H7N3OS2. The molecule has 6 heteroatoms. The number of aromatic nitrogens is 1. The van der Waals surface area contributed by atoms with E-state index in [2.05, 4.69) is 4.98 Å². The van der Waals surface area contributed by atoms with E-state index in [1.807, 2.05) is 24.3 Å². The Bertz CT molecular complexity index is 860. The Labute approximate surface area is 129 Å². The summed E-state index contributed by atoms with van der Waals surface area (Å²) in [6, 6.07) is 15.1. The average molecular weight is 309 g/mol. The highest BCUT2D eigenvalue weighted by atomic mass is 32.2. The van der Waals surface area contributed by atoms with Crippen molar-refractivity contribution in [2.24, 2.45) is 0 Å². The molecule has 0 atom stereocenters. The summed E-state index contributed by atoms with van der Waals surface area (Å²) >= 11 is 3.02. The van der Waals surface area contributed by atoms with Crippen molar-refractivity contribution in [3.8, 4) is 12.1 Å². The number of thiazole rings is 1. The third kappa shape index (κ3) is 2.97. The molecule has 1 aromatic carbocycles. The molecule has 0 saturated heterocycles. The van der Waals surface area contributed by atoms with Crippen molar-refractivity contribution >= 4 is 39.4 Å². The molecule has 3 rings (SSSR count). The molecule has 21 heavy (non-hydrogen) atoms. The lowest BCUT2D eigenvalue weighted by atomic mass is 10.3. The fraction of sp³-hybridized carbons (Fsp3) is 0. The van der Waals surface area contributed by atoms with Crippen molar-refractivity contribution in [3.63, 3.8) is 0 Å². The van der Waals surface area contributed by atoms with E-state index < -0.39 is 0 Å². The Balaban J connectivity index is 1.83. The van der Waals surface area contributed by atoms with Gasteiger partial charge in [0.15, 0.2) is 9.43 Å². The summed E-state index contributed by atoms with van der Waals surface area (Å²) in [5, 5.41) is 18.1. The Hall–Kier alpha value is -2.54. The largest absolute Gasteiger partial charge is 0.450 e. The maximum atomic E-state index is 8.71. The molecule has 2 heterocycles. The van der Waals surface area contributed by atoms with E-state index in [0.29, 0.717) is 10.9 Å². The first-order valence-corrected chi connectivity index (χ1v) is 7.57. The number of rotatable bonds is 3. The van der Waals surface area contributed by atoms with Crippen LogP contribution in [-0.4, -0.2) is 4.98 Å². The highest BCUT2D eigenvalue weighted by Crippen LogP contribution is 2.35. The van der Waals surface area contributed by atoms with Crippen molar-refractivity contribution in [2.75, 3.05) is 0 Å². The van der Waals surface area contributed by atoms with Gasteiger partial charge in [0.25, 0.3) is 0 Å². The lowest BCUT2D eigenvalue weighted by Crippen LogP contribution is -1.71. The van der Waals surface area contributed by atoms with Crippen LogP contribution in [0.15, 0.2) is 55.8 Å². The summed E-state index contributed by atoms with van der Waals surface area (Å²) in [7, 11) is 0. The van der Waals surface area contributed by atoms with E-state index in [1.165, 1.54) is 17.8 Å². The van der Waals surface area contributed by atoms with Crippen LogP contribution in [0.3, 0.4) is 0 Å². The maximum absolute atomic E-state index is 8.71. The summed E-state index contributed by atoms with van der Waals surface area (Å²) in [6.45, 7) is 0. The van der Waals surface area contributed by atoms with Crippen LogP contribution >= 0.6 is 23.1 Å². The summed E-state index contributed by atoms with van der Waals surface area (Å²) in [6.07, 6.45) is 1.42. The highest BCUT2D eigenvalue weighted by molar-refractivity contribution is 8.01. The zero-order valence-corrected chi connectivity index (χ0v) is 12.2. The van der Waals surface area contributed by atoms with E-state index in [1.54, 1.807) is 35.6 Å². The third-order valence-corrected chi connectivity index (χ3v) is 4.61. The minimum Gasteiger partial charge on any atom is -0.450 e. The van der Waals surface area contributed by atoms with Crippen molar-refractivity contribution in [2.45, 2.75) is 9.43 Å². The van der Waals surface area contributed by atoms with Gasteiger partial charge in [-0.05, 0) is 36.0 Å². The number of fused-ring (bicyclic) bond motifs is 1. The van der Waals surface area contributed by atoms with Crippen LogP contribution in [0, 0.1) is 22.7 Å². The molecule has 0 N–H and O–H groups in total. The van der Waals surface area contributed by atoms with Gasteiger partial charge in [-0.25, -0.2) is 4.98 Å². The van der Waals surface area contributed by atoms with Crippen molar-refractivity contribution < 1.29 is 4.42 Å². The standard InChI is InChI=1S/C15H7N3OS2/c16-8-10(9-17)7-11-5-6-14(19-11)21-15-18-12-3-1-2-4-13(12)20-15/h1-7H. The number of nitrogens with zero attached hydrogens (tertiary/aromatic N) is 3. The average Bonchev–Trinajstić information content (AvgIpc) is 3.11. The number of para-hydroxylation sites is 1. The summed E-state index contributed by atoms with van der Waals surface area (Å²) in [5.41, 5.74) is 0.980. The molecule has 4 nitrogen and oxygen atoms in total. The third-order valence-electron chi connectivity index (χ3n) is 2.59. The van der Waals surface area contributed by atoms with Crippen LogP contribution in [-0.2, 0) is 0 Å². The van der Waals surface area contributed by atoms with Crippen LogP contribution in [0.2, 0.25) is 0 Å². The molecule has 0 amide bonds. The van der Waals surface area contributed by atoms with E-state index in [-0.39, 0.29) is 5.57 Å². The van der Waals surface area contributed by atoms with Crippen LogP contribution in [0.4, 0.5) is 0 Å². The highest BCUT2D eigenvalue weighted by Gasteiger charge is 2.08. The SMILES string of the molecule is N#CC(C#N)=Cc1ccc(Sc2nc3ccccc3s2)o1. The first-order chi connectivity index (χ1) is 10.3. The van der Waals surface area contributed by atoms with Crippen LogP contribution in [0.25, 0.3) is 16.3 Å². The van der Waals surface area contributed by atoms with Gasteiger partial charge >= 0.3 is 0 Å². The Morgan fingerprint density at radius 1 is 1.19 bits per heavy atom. The van der Waals surface area contributed by atoms with Gasteiger partial charge in [-0.2, -0.15) is 10.5 Å². The van der Waals surface area contributed by atoms with Gasteiger partial charge in [0.1, 0.15) is 23.5 Å². The summed E-state index contributed by atoms with van der Waals surface area (Å²) in [4.78, 5) is 4.51. The fourth-order valence-electron chi connectivity index (χ4n) is 1.68. The zero-order valence-electron chi connectivity index (χ0n) is 10.6. The number of hydrogen-bond acceptors (Lipinski definition) is 6. The molecular weight excluding hydrogens is 302 g/mol. The number of benzene rings is 1. The minimum absolute atomic E-state index is 0.0147. The number of nitriles is 2. The monoisotopic (exact) mass is 309 g/mol.